The maximum absolute atomic E-state index is 13.1. The van der Waals surface area contributed by atoms with Crippen LogP contribution in [0.15, 0.2) is 97.2 Å². The highest BCUT2D eigenvalue weighted by Gasteiger charge is 2.30. The molecule has 0 aliphatic carbocycles. The standard InChI is InChI=1S/C81H142O17P2/c1-5-9-13-17-21-25-29-33-36-37-40-44-48-52-56-60-64-68-81(86)98-77(72-92-79(84)66-62-58-54-50-46-43-39-35-31-27-23-19-15-11-7-3)74-96-100(89,90)94-70-75(82)69-93-99(87,88)95-73-76(97-80(85)67-63-59-55-51-47-41-32-28-24-20-16-12-8-4)71-91-78(83)65-61-57-53-49-45-42-38-34-30-26-22-18-14-10-6-2/h21,25-27,30-31,33-36,38-40,44,52,56,75-77,82H,5-20,22-24,28-29,32,37,41-43,45-51,53-55,57-74H2,1-4H3,(H,87,88)(H,89,90)/b25-21-,30-26-,31-27-,36-33-,38-34-,39-35-,44-40-,56-52-/t75-,76+,77+/m0/s1. The molecule has 5 atom stereocenters. The Morgan fingerprint density at radius 2 is 0.530 bits per heavy atom. The van der Waals surface area contributed by atoms with Gasteiger partial charge in [0.1, 0.15) is 19.3 Å². The van der Waals surface area contributed by atoms with Crippen LogP contribution in [-0.4, -0.2) is 96.7 Å². The Morgan fingerprint density at radius 3 is 0.880 bits per heavy atom. The predicted molar refractivity (Wildman–Crippen MR) is 409 cm³/mol. The summed E-state index contributed by atoms with van der Waals surface area (Å²) in [6.07, 6.45) is 76.8. The number of unbranched alkanes of at least 4 members (excludes halogenated alkanes) is 34. The van der Waals surface area contributed by atoms with Gasteiger partial charge in [-0.15, -0.1) is 0 Å². The first-order chi connectivity index (χ1) is 48.7. The molecular weight excluding hydrogens is 1310 g/mol. The lowest BCUT2D eigenvalue weighted by Gasteiger charge is -2.21. The summed E-state index contributed by atoms with van der Waals surface area (Å²) in [4.78, 5) is 72.9. The molecule has 3 N–H and O–H groups in total. The van der Waals surface area contributed by atoms with E-state index in [0.29, 0.717) is 32.1 Å². The fraction of sp³-hybridized carbons (Fsp3) is 0.753. The summed E-state index contributed by atoms with van der Waals surface area (Å²) in [5.41, 5.74) is 0. The van der Waals surface area contributed by atoms with Crippen molar-refractivity contribution in [3.63, 3.8) is 0 Å². The third-order valence-corrected chi connectivity index (χ3v) is 18.5. The number of hydrogen-bond donors (Lipinski definition) is 3. The fourth-order valence-electron chi connectivity index (χ4n) is 10.5. The van der Waals surface area contributed by atoms with Crippen LogP contribution in [0.25, 0.3) is 0 Å². The normalized spacial score (nSPS) is 14.4. The Hall–Kier alpha value is -4.02. The van der Waals surface area contributed by atoms with Crippen molar-refractivity contribution in [2.45, 2.75) is 354 Å². The molecule has 0 amide bonds. The van der Waals surface area contributed by atoms with Gasteiger partial charge in [0.25, 0.3) is 0 Å². The summed E-state index contributed by atoms with van der Waals surface area (Å²) < 4.78 is 68.5. The lowest BCUT2D eigenvalue weighted by atomic mass is 10.0. The molecule has 0 saturated heterocycles. The molecular formula is C81H142O17P2. The Kier molecular flexibility index (Phi) is 70.4. The van der Waals surface area contributed by atoms with Gasteiger partial charge in [0.05, 0.1) is 26.4 Å². The van der Waals surface area contributed by atoms with Crippen LogP contribution in [0.2, 0.25) is 0 Å². The molecule has 0 fully saturated rings. The van der Waals surface area contributed by atoms with E-state index in [1.165, 1.54) is 122 Å². The van der Waals surface area contributed by atoms with Crippen molar-refractivity contribution in [3.8, 4) is 0 Å². The average molecular weight is 1450 g/mol. The maximum atomic E-state index is 13.1. The Labute approximate surface area is 607 Å². The van der Waals surface area contributed by atoms with Crippen LogP contribution in [0, 0.1) is 0 Å². The van der Waals surface area contributed by atoms with Gasteiger partial charge < -0.3 is 33.8 Å². The van der Waals surface area contributed by atoms with E-state index >= 15 is 0 Å². The second-order valence-electron chi connectivity index (χ2n) is 26.4. The first-order valence-electron chi connectivity index (χ1n) is 39.5. The lowest BCUT2D eigenvalue weighted by Crippen LogP contribution is -2.30. The van der Waals surface area contributed by atoms with E-state index in [1.807, 2.05) is 12.2 Å². The molecule has 100 heavy (non-hydrogen) atoms. The van der Waals surface area contributed by atoms with E-state index in [2.05, 4.69) is 113 Å². The van der Waals surface area contributed by atoms with Crippen molar-refractivity contribution in [2.75, 3.05) is 39.6 Å². The van der Waals surface area contributed by atoms with Gasteiger partial charge in [-0.3, -0.25) is 37.3 Å². The zero-order chi connectivity index (χ0) is 73.2. The number of aliphatic hydroxyl groups is 1. The number of carbonyl (C=O) groups excluding carboxylic acids is 4. The number of ether oxygens (including phenoxy) is 4. The van der Waals surface area contributed by atoms with Crippen LogP contribution >= 0.6 is 15.6 Å². The van der Waals surface area contributed by atoms with Crippen molar-refractivity contribution in [1.29, 1.82) is 0 Å². The third-order valence-electron chi connectivity index (χ3n) is 16.6. The molecule has 0 bridgehead atoms. The van der Waals surface area contributed by atoms with Gasteiger partial charge in [0, 0.05) is 25.7 Å². The summed E-state index contributed by atoms with van der Waals surface area (Å²) in [5, 5.41) is 10.6. The summed E-state index contributed by atoms with van der Waals surface area (Å²) in [6, 6.07) is 0. The lowest BCUT2D eigenvalue weighted by molar-refractivity contribution is -0.161. The van der Waals surface area contributed by atoms with Crippen molar-refractivity contribution >= 4 is 39.5 Å². The molecule has 578 valence electrons. The van der Waals surface area contributed by atoms with E-state index in [-0.39, 0.29) is 25.7 Å². The van der Waals surface area contributed by atoms with Crippen molar-refractivity contribution in [3.05, 3.63) is 97.2 Å². The molecule has 0 aromatic carbocycles. The van der Waals surface area contributed by atoms with Crippen LogP contribution < -0.4 is 0 Å². The molecule has 0 aromatic heterocycles. The highest BCUT2D eigenvalue weighted by Crippen LogP contribution is 2.45. The van der Waals surface area contributed by atoms with Crippen LogP contribution in [-0.2, 0) is 65.4 Å². The minimum absolute atomic E-state index is 0.0158. The van der Waals surface area contributed by atoms with E-state index in [1.54, 1.807) is 0 Å². The Morgan fingerprint density at radius 1 is 0.290 bits per heavy atom. The van der Waals surface area contributed by atoms with Crippen molar-refractivity contribution in [1.82, 2.24) is 0 Å². The minimum atomic E-state index is -4.99. The number of carbonyl (C=O) groups is 4. The number of rotatable bonds is 74. The summed E-state index contributed by atoms with van der Waals surface area (Å²) in [6.45, 7) is 4.74. The zero-order valence-corrected chi connectivity index (χ0v) is 64.9. The molecule has 0 aliphatic heterocycles. The van der Waals surface area contributed by atoms with Gasteiger partial charge in [-0.25, -0.2) is 9.13 Å². The fourth-order valence-corrected chi connectivity index (χ4v) is 12.1. The van der Waals surface area contributed by atoms with E-state index in [0.717, 1.165) is 128 Å². The first kappa shape index (κ1) is 96.0. The SMILES string of the molecule is CCCCC/C=C\C/C=C\C/C=C\C/C=C\CCCC(=O)O[C@H](COC(=O)CCCCCCC/C=C\C=C/CCCCCC)COP(=O)(O)OC[C@@H](O)COP(=O)(O)OC[C@@H](COC(=O)CCCCCCC/C=C\C=C/CCCCCC)OC(=O)CCCCCCCCCCCCCCC. The third kappa shape index (κ3) is 72.3. The zero-order valence-electron chi connectivity index (χ0n) is 63.1. The highest BCUT2D eigenvalue weighted by atomic mass is 31.2. The smallest absolute Gasteiger partial charge is 0.462 e. The number of allylic oxidation sites excluding steroid dienone is 16. The molecule has 0 spiro atoms. The highest BCUT2D eigenvalue weighted by molar-refractivity contribution is 7.47. The number of aliphatic hydroxyl groups excluding tert-OH is 1. The van der Waals surface area contributed by atoms with E-state index < -0.39 is 97.5 Å². The molecule has 0 heterocycles. The monoisotopic (exact) mass is 1450 g/mol. The number of esters is 4. The van der Waals surface area contributed by atoms with Gasteiger partial charge in [0.15, 0.2) is 12.2 Å². The number of phosphoric acid groups is 2. The van der Waals surface area contributed by atoms with Crippen molar-refractivity contribution in [2.24, 2.45) is 0 Å². The molecule has 2 unspecified atom stereocenters. The van der Waals surface area contributed by atoms with E-state index in [4.69, 9.17) is 37.0 Å². The second-order valence-corrected chi connectivity index (χ2v) is 29.3. The molecule has 19 heteroatoms. The second kappa shape index (κ2) is 73.3. The Bertz CT molecular complexity index is 2270. The van der Waals surface area contributed by atoms with Gasteiger partial charge in [-0.1, -0.05) is 292 Å². The first-order valence-corrected chi connectivity index (χ1v) is 42.5. The van der Waals surface area contributed by atoms with Crippen LogP contribution in [0.3, 0.4) is 0 Å². The van der Waals surface area contributed by atoms with Gasteiger partial charge in [-0.05, 0) is 116 Å². The molecule has 0 aliphatic rings. The van der Waals surface area contributed by atoms with E-state index in [9.17, 15) is 43.2 Å². The maximum Gasteiger partial charge on any atom is 0.472 e. The van der Waals surface area contributed by atoms with Crippen LogP contribution in [0.4, 0.5) is 0 Å². The summed E-state index contributed by atoms with van der Waals surface area (Å²) in [7, 11) is -9.97. The van der Waals surface area contributed by atoms with Crippen LogP contribution in [0.5, 0.6) is 0 Å². The quantitative estimate of drug-likeness (QED) is 0.0128. The molecule has 0 rings (SSSR count). The van der Waals surface area contributed by atoms with Crippen LogP contribution in [0.1, 0.15) is 336 Å². The Balaban J connectivity index is 5.42. The largest absolute Gasteiger partial charge is 0.472 e. The van der Waals surface area contributed by atoms with Gasteiger partial charge >= 0.3 is 39.5 Å². The predicted octanol–water partition coefficient (Wildman–Crippen LogP) is 22.8. The van der Waals surface area contributed by atoms with Crippen molar-refractivity contribution < 1.29 is 80.2 Å². The number of phosphoric ester groups is 2. The topological polar surface area (TPSA) is 237 Å². The molecule has 17 nitrogen and oxygen atoms in total. The average Bonchev–Trinajstić information content (AvgIpc) is 0.962. The van der Waals surface area contributed by atoms with Gasteiger partial charge in [-0.2, -0.15) is 0 Å². The summed E-state index contributed by atoms with van der Waals surface area (Å²) in [5.74, 6) is -2.26. The summed E-state index contributed by atoms with van der Waals surface area (Å²) >= 11 is 0. The van der Waals surface area contributed by atoms with Gasteiger partial charge in [0.2, 0.25) is 0 Å². The minimum Gasteiger partial charge on any atom is -0.462 e. The molecule has 0 aromatic rings. The number of hydrogen-bond acceptors (Lipinski definition) is 15. The molecule has 0 radical (unpaired) electrons. The molecule has 0 saturated carbocycles.